The second kappa shape index (κ2) is 5.51. The van der Waals surface area contributed by atoms with Gasteiger partial charge in [0.2, 0.25) is 5.91 Å². The van der Waals surface area contributed by atoms with Gasteiger partial charge in [0.25, 0.3) is 0 Å². The maximum Gasteiger partial charge on any atom is 0.227 e. The van der Waals surface area contributed by atoms with Crippen molar-refractivity contribution in [2.75, 3.05) is 0 Å². The third-order valence-corrected chi connectivity index (χ3v) is 2.06. The minimum absolute atomic E-state index is 0.0619. The summed E-state index contributed by atoms with van der Waals surface area (Å²) in [6.45, 7) is 1.81. The number of benzene rings is 1. The van der Waals surface area contributed by atoms with Gasteiger partial charge in [-0.2, -0.15) is 0 Å². The van der Waals surface area contributed by atoms with Crippen molar-refractivity contribution < 1.29 is 9.59 Å². The molecule has 1 rings (SSSR count). The van der Waals surface area contributed by atoms with Crippen molar-refractivity contribution in [2.24, 2.45) is 0 Å². The first-order chi connectivity index (χ1) is 7.08. The Balaban J connectivity index is 2.40. The van der Waals surface area contributed by atoms with Crippen LogP contribution < -0.4 is 5.32 Å². The normalized spacial score (nSPS) is 9.73. The Morgan fingerprint density at radius 1 is 1.27 bits per heavy atom. The highest BCUT2D eigenvalue weighted by molar-refractivity contribution is 6.30. The molecule has 1 N–H and O–H groups in total. The van der Waals surface area contributed by atoms with E-state index in [1.54, 1.807) is 12.1 Å². The van der Waals surface area contributed by atoms with Crippen molar-refractivity contribution >= 4 is 23.3 Å². The van der Waals surface area contributed by atoms with Crippen LogP contribution in [0.4, 0.5) is 0 Å². The molecule has 0 saturated heterocycles. The van der Waals surface area contributed by atoms with E-state index >= 15 is 0 Å². The van der Waals surface area contributed by atoms with Crippen LogP contribution in [-0.2, 0) is 16.1 Å². The van der Waals surface area contributed by atoms with Gasteiger partial charge in [0.05, 0.1) is 6.42 Å². The first-order valence-electron chi connectivity index (χ1n) is 4.58. The van der Waals surface area contributed by atoms with Crippen LogP contribution in [-0.4, -0.2) is 11.7 Å². The van der Waals surface area contributed by atoms with E-state index < -0.39 is 0 Å². The number of carbonyl (C=O) groups excluding carboxylic acids is 2. The molecule has 0 spiro atoms. The maximum absolute atomic E-state index is 11.1. The molecular weight excluding hydrogens is 214 g/mol. The lowest BCUT2D eigenvalue weighted by molar-refractivity contribution is -0.127. The van der Waals surface area contributed by atoms with E-state index in [0.29, 0.717) is 11.6 Å². The lowest BCUT2D eigenvalue weighted by Crippen LogP contribution is -2.24. The van der Waals surface area contributed by atoms with Gasteiger partial charge in [-0.15, -0.1) is 0 Å². The SMILES string of the molecule is CC(=O)CC(=O)NCc1ccc(Cl)cc1. The van der Waals surface area contributed by atoms with Crippen molar-refractivity contribution in [3.8, 4) is 0 Å². The summed E-state index contributed by atoms with van der Waals surface area (Å²) in [5.41, 5.74) is 0.955. The minimum atomic E-state index is -0.252. The third kappa shape index (κ3) is 4.61. The summed E-state index contributed by atoms with van der Waals surface area (Å²) in [6.07, 6.45) is -0.0619. The zero-order chi connectivity index (χ0) is 11.3. The van der Waals surface area contributed by atoms with Crippen LogP contribution >= 0.6 is 11.6 Å². The summed E-state index contributed by atoms with van der Waals surface area (Å²) in [4.78, 5) is 21.8. The summed E-state index contributed by atoms with van der Waals surface area (Å²) < 4.78 is 0. The molecule has 1 aromatic carbocycles. The number of rotatable bonds is 4. The van der Waals surface area contributed by atoms with Crippen LogP contribution in [0.3, 0.4) is 0 Å². The fourth-order valence-electron chi connectivity index (χ4n) is 1.09. The zero-order valence-electron chi connectivity index (χ0n) is 8.42. The third-order valence-electron chi connectivity index (χ3n) is 1.81. The summed E-state index contributed by atoms with van der Waals surface area (Å²) in [6, 6.07) is 7.18. The van der Waals surface area contributed by atoms with E-state index in [0.717, 1.165) is 5.56 Å². The van der Waals surface area contributed by atoms with Gasteiger partial charge >= 0.3 is 0 Å². The van der Waals surface area contributed by atoms with Crippen LogP contribution in [0.15, 0.2) is 24.3 Å². The number of carbonyl (C=O) groups is 2. The highest BCUT2D eigenvalue weighted by atomic mass is 35.5. The number of nitrogens with one attached hydrogen (secondary N) is 1. The van der Waals surface area contributed by atoms with Gasteiger partial charge < -0.3 is 5.32 Å². The van der Waals surface area contributed by atoms with E-state index in [4.69, 9.17) is 11.6 Å². The van der Waals surface area contributed by atoms with Crippen LogP contribution in [0.1, 0.15) is 18.9 Å². The van der Waals surface area contributed by atoms with Gasteiger partial charge in [-0.05, 0) is 24.6 Å². The predicted molar refractivity (Wildman–Crippen MR) is 58.6 cm³/mol. The molecule has 1 aromatic rings. The Kier molecular flexibility index (Phi) is 4.31. The Bertz CT molecular complexity index is 359. The van der Waals surface area contributed by atoms with Crippen molar-refractivity contribution in [1.82, 2.24) is 5.32 Å². The van der Waals surface area contributed by atoms with Gasteiger partial charge in [0, 0.05) is 11.6 Å². The van der Waals surface area contributed by atoms with Crippen molar-refractivity contribution in [3.63, 3.8) is 0 Å². The molecule has 1 amide bonds. The topological polar surface area (TPSA) is 46.2 Å². The zero-order valence-corrected chi connectivity index (χ0v) is 9.17. The van der Waals surface area contributed by atoms with E-state index in [1.165, 1.54) is 6.92 Å². The summed E-state index contributed by atoms with van der Waals surface area (Å²) in [7, 11) is 0. The van der Waals surface area contributed by atoms with Crippen LogP contribution in [0, 0.1) is 0 Å². The highest BCUT2D eigenvalue weighted by Crippen LogP contribution is 2.09. The highest BCUT2D eigenvalue weighted by Gasteiger charge is 2.03. The molecule has 4 heteroatoms. The van der Waals surface area contributed by atoms with Crippen LogP contribution in [0.5, 0.6) is 0 Å². The Morgan fingerprint density at radius 3 is 2.40 bits per heavy atom. The average molecular weight is 226 g/mol. The second-order valence-corrected chi connectivity index (χ2v) is 3.72. The minimum Gasteiger partial charge on any atom is -0.352 e. The van der Waals surface area contributed by atoms with Gasteiger partial charge in [-0.3, -0.25) is 9.59 Å². The van der Waals surface area contributed by atoms with Gasteiger partial charge in [0.1, 0.15) is 5.78 Å². The molecule has 3 nitrogen and oxygen atoms in total. The number of ketones is 1. The molecule has 15 heavy (non-hydrogen) atoms. The molecule has 0 saturated carbocycles. The van der Waals surface area contributed by atoms with Crippen molar-refractivity contribution in [3.05, 3.63) is 34.9 Å². The molecule has 0 aliphatic carbocycles. The first-order valence-corrected chi connectivity index (χ1v) is 4.96. The molecule has 0 aromatic heterocycles. The quantitative estimate of drug-likeness (QED) is 0.796. The Morgan fingerprint density at radius 2 is 1.87 bits per heavy atom. The van der Waals surface area contributed by atoms with Crippen molar-refractivity contribution in [2.45, 2.75) is 19.9 Å². The molecule has 80 valence electrons. The number of amides is 1. The van der Waals surface area contributed by atoms with E-state index in [9.17, 15) is 9.59 Å². The molecule has 0 fully saturated rings. The van der Waals surface area contributed by atoms with Gasteiger partial charge in [0.15, 0.2) is 0 Å². The Labute approximate surface area is 93.4 Å². The molecular formula is C11H12ClNO2. The Hall–Kier alpha value is -1.35. The molecule has 0 atom stereocenters. The summed E-state index contributed by atoms with van der Waals surface area (Å²) in [5, 5.41) is 3.31. The first kappa shape index (κ1) is 11.7. The average Bonchev–Trinajstić information content (AvgIpc) is 2.16. The lowest BCUT2D eigenvalue weighted by Gasteiger charge is -2.03. The fraction of sp³-hybridized carbons (Fsp3) is 0.273. The van der Waals surface area contributed by atoms with Crippen LogP contribution in [0.2, 0.25) is 5.02 Å². The van der Waals surface area contributed by atoms with Crippen molar-refractivity contribution in [1.29, 1.82) is 0 Å². The summed E-state index contributed by atoms with van der Waals surface area (Å²) >= 11 is 5.71. The van der Waals surface area contributed by atoms with E-state index in [-0.39, 0.29) is 18.1 Å². The molecule has 0 unspecified atom stereocenters. The lowest BCUT2D eigenvalue weighted by atomic mass is 10.2. The summed E-state index contributed by atoms with van der Waals surface area (Å²) in [5.74, 6) is -0.388. The monoisotopic (exact) mass is 225 g/mol. The number of Topliss-reactive ketones (excluding diaryl/α,β-unsaturated/α-hetero) is 1. The molecule has 0 aliphatic heterocycles. The molecule has 0 aliphatic rings. The van der Waals surface area contributed by atoms with Gasteiger partial charge in [-0.1, -0.05) is 23.7 Å². The predicted octanol–water partition coefficient (Wildman–Crippen LogP) is 1.94. The second-order valence-electron chi connectivity index (χ2n) is 3.28. The largest absolute Gasteiger partial charge is 0.352 e. The maximum atomic E-state index is 11.1. The standard InChI is InChI=1S/C11H12ClNO2/c1-8(14)6-11(15)13-7-9-2-4-10(12)5-3-9/h2-5H,6-7H2,1H3,(H,13,15). The molecule has 0 heterocycles. The number of hydrogen-bond donors (Lipinski definition) is 1. The number of hydrogen-bond acceptors (Lipinski definition) is 2. The molecule has 0 radical (unpaired) electrons. The smallest absolute Gasteiger partial charge is 0.227 e. The van der Waals surface area contributed by atoms with E-state index in [1.807, 2.05) is 12.1 Å². The van der Waals surface area contributed by atoms with Crippen LogP contribution in [0.25, 0.3) is 0 Å². The fourth-order valence-corrected chi connectivity index (χ4v) is 1.22. The molecule has 0 bridgehead atoms. The van der Waals surface area contributed by atoms with E-state index in [2.05, 4.69) is 5.32 Å². The van der Waals surface area contributed by atoms with Gasteiger partial charge in [-0.25, -0.2) is 0 Å². The number of halogens is 1.